The molecule has 0 saturated carbocycles. The van der Waals surface area contributed by atoms with Gasteiger partial charge in [-0.2, -0.15) is 0 Å². The molecule has 0 spiro atoms. The van der Waals surface area contributed by atoms with E-state index in [2.05, 4.69) is 179 Å². The molecule has 0 bridgehead atoms. The number of allylic oxidation sites excluding steroid dienone is 26. The number of esters is 3. The number of ether oxygens (including phenoxy) is 3. The van der Waals surface area contributed by atoms with Crippen LogP contribution < -0.4 is 0 Å². The molecule has 0 amide bonds. The molecular weight excluding hydrogens is 1190 g/mol. The van der Waals surface area contributed by atoms with Gasteiger partial charge in [0.2, 0.25) is 0 Å². The van der Waals surface area contributed by atoms with Gasteiger partial charge in [-0.15, -0.1) is 0 Å². The Bertz CT molecular complexity index is 2290. The summed E-state index contributed by atoms with van der Waals surface area (Å²) in [6.45, 7) is 2.21. The van der Waals surface area contributed by atoms with Gasteiger partial charge in [-0.25, -0.2) is 9.13 Å². The minimum absolute atomic E-state index is 0.0641. The van der Waals surface area contributed by atoms with Crippen LogP contribution in [0.2, 0.25) is 0 Å². The Hall–Kier alpha value is -4.83. The Morgan fingerprint density at radius 2 is 0.549 bits per heavy atom. The number of hydrogen-bond donors (Lipinski definition) is 4. The van der Waals surface area contributed by atoms with Crippen LogP contribution in [0.25, 0.3) is 0 Å². The van der Waals surface area contributed by atoms with Crippen LogP contribution in [-0.2, 0) is 55.8 Å². The van der Waals surface area contributed by atoms with E-state index in [1.54, 1.807) is 0 Å². The fourth-order valence-electron chi connectivity index (χ4n) is 8.16. The lowest BCUT2D eigenvalue weighted by Crippen LogP contribution is -2.30. The van der Waals surface area contributed by atoms with E-state index in [4.69, 9.17) is 32.3 Å². The molecule has 0 rings (SSSR count). The first-order valence-electron chi connectivity index (χ1n) is 33.8. The fourth-order valence-corrected chi connectivity index (χ4v) is 9.75. The van der Waals surface area contributed by atoms with Crippen molar-refractivity contribution in [2.45, 2.75) is 245 Å². The molecule has 16 nitrogen and oxygen atoms in total. The predicted molar refractivity (Wildman–Crippen MR) is 371 cm³/mol. The number of rotatable bonds is 62. The van der Waals surface area contributed by atoms with Crippen molar-refractivity contribution < 1.29 is 75.8 Å². The molecule has 5 unspecified atom stereocenters. The van der Waals surface area contributed by atoms with Crippen LogP contribution in [0, 0.1) is 0 Å². The van der Waals surface area contributed by atoms with Crippen LogP contribution in [0.1, 0.15) is 226 Å². The van der Waals surface area contributed by atoms with Gasteiger partial charge in [0.15, 0.2) is 6.10 Å². The normalized spacial score (nSPS) is 15.2. The van der Waals surface area contributed by atoms with E-state index in [9.17, 15) is 43.5 Å². The molecule has 0 aliphatic rings. The molecule has 0 aliphatic heterocycles. The zero-order chi connectivity index (χ0) is 66.7. The molecule has 0 aromatic rings. The van der Waals surface area contributed by atoms with E-state index >= 15 is 0 Å². The summed E-state index contributed by atoms with van der Waals surface area (Å²) in [6.07, 6.45) is 78.6. The highest BCUT2D eigenvalue weighted by Gasteiger charge is 2.29. The maximum absolute atomic E-state index is 12.9. The third-order valence-electron chi connectivity index (χ3n) is 13.2. The Kier molecular flexibility index (Phi) is 61.8. The molecule has 0 aromatic carbocycles. The van der Waals surface area contributed by atoms with Gasteiger partial charge in [-0.3, -0.25) is 32.5 Å². The summed E-state index contributed by atoms with van der Waals surface area (Å²) in [5.74, 6) is -1.66. The second-order valence-corrected chi connectivity index (χ2v) is 24.7. The molecule has 0 heterocycles. The maximum atomic E-state index is 12.9. The van der Waals surface area contributed by atoms with Gasteiger partial charge in [0.25, 0.3) is 0 Å². The van der Waals surface area contributed by atoms with Gasteiger partial charge in [-0.05, 0) is 141 Å². The minimum atomic E-state index is -4.95. The van der Waals surface area contributed by atoms with E-state index in [0.29, 0.717) is 19.3 Å². The molecule has 0 aromatic heterocycles. The van der Waals surface area contributed by atoms with Crippen molar-refractivity contribution in [3.63, 3.8) is 0 Å². The number of aliphatic hydroxyl groups excluding tert-OH is 2. The van der Waals surface area contributed by atoms with Gasteiger partial charge in [-0.1, -0.05) is 224 Å². The fraction of sp³-hybridized carbons (Fsp3) is 0.603. The first-order chi connectivity index (χ1) is 44.2. The first kappa shape index (κ1) is 86.2. The van der Waals surface area contributed by atoms with Crippen LogP contribution in [0.3, 0.4) is 0 Å². The van der Waals surface area contributed by atoms with Crippen LogP contribution in [0.15, 0.2) is 158 Å². The molecule has 0 radical (unpaired) electrons. The molecular formula is C73H118O16P2. The quantitative estimate of drug-likeness (QED) is 0.0146. The summed E-state index contributed by atoms with van der Waals surface area (Å²) < 4.78 is 60.8. The van der Waals surface area contributed by atoms with Crippen LogP contribution in [0.5, 0.6) is 0 Å². The smallest absolute Gasteiger partial charge is 0.463 e. The van der Waals surface area contributed by atoms with Gasteiger partial charge >= 0.3 is 33.6 Å². The number of phosphoric ester groups is 2. The summed E-state index contributed by atoms with van der Waals surface area (Å²) >= 11 is 0. The van der Waals surface area contributed by atoms with E-state index in [1.807, 2.05) is 0 Å². The van der Waals surface area contributed by atoms with E-state index in [-0.39, 0.29) is 19.3 Å². The lowest BCUT2D eigenvalue weighted by molar-refractivity contribution is -0.161. The summed E-state index contributed by atoms with van der Waals surface area (Å²) in [5, 5.41) is 20.5. The molecule has 0 saturated heterocycles. The summed E-state index contributed by atoms with van der Waals surface area (Å²) in [5.41, 5.74) is 0. The van der Waals surface area contributed by atoms with E-state index in [0.717, 1.165) is 167 Å². The number of hydrogen-bond acceptors (Lipinski definition) is 14. The molecule has 5 atom stereocenters. The highest BCUT2D eigenvalue weighted by atomic mass is 31.2. The van der Waals surface area contributed by atoms with Crippen molar-refractivity contribution in [3.05, 3.63) is 158 Å². The monoisotopic (exact) mass is 1310 g/mol. The van der Waals surface area contributed by atoms with Crippen molar-refractivity contribution in [2.24, 2.45) is 0 Å². The van der Waals surface area contributed by atoms with E-state index < -0.39 is 91.5 Å². The number of aliphatic hydroxyl groups is 2. The number of carbonyl (C=O) groups excluding carboxylic acids is 3. The number of carbonyl (C=O) groups is 3. The average molecular weight is 1310 g/mol. The zero-order valence-corrected chi connectivity index (χ0v) is 57.5. The second-order valence-electron chi connectivity index (χ2n) is 21.8. The largest absolute Gasteiger partial charge is 0.472 e. The topological polar surface area (TPSA) is 231 Å². The molecule has 516 valence electrons. The second kappa shape index (κ2) is 65.2. The number of phosphoric acid groups is 2. The third-order valence-corrected chi connectivity index (χ3v) is 15.1. The van der Waals surface area contributed by atoms with Crippen molar-refractivity contribution >= 4 is 33.6 Å². The summed E-state index contributed by atoms with van der Waals surface area (Å²) in [6, 6.07) is 0. The van der Waals surface area contributed by atoms with Crippen molar-refractivity contribution in [3.8, 4) is 0 Å². The molecule has 18 heteroatoms. The molecule has 91 heavy (non-hydrogen) atoms. The Balaban J connectivity index is 4.76. The zero-order valence-electron chi connectivity index (χ0n) is 55.7. The van der Waals surface area contributed by atoms with Gasteiger partial charge in [0, 0.05) is 19.3 Å². The van der Waals surface area contributed by atoms with Crippen LogP contribution in [0.4, 0.5) is 0 Å². The Morgan fingerprint density at radius 1 is 0.308 bits per heavy atom. The molecule has 0 aliphatic carbocycles. The Labute approximate surface area is 549 Å². The first-order valence-corrected chi connectivity index (χ1v) is 36.8. The van der Waals surface area contributed by atoms with Crippen molar-refractivity contribution in [2.75, 3.05) is 39.6 Å². The summed E-state index contributed by atoms with van der Waals surface area (Å²) in [7, 11) is -9.81. The maximum Gasteiger partial charge on any atom is 0.472 e. The minimum Gasteiger partial charge on any atom is -0.463 e. The van der Waals surface area contributed by atoms with Gasteiger partial charge in [0.05, 0.1) is 26.4 Å². The Morgan fingerprint density at radius 3 is 0.868 bits per heavy atom. The highest BCUT2D eigenvalue weighted by Crippen LogP contribution is 2.45. The molecule has 0 fully saturated rings. The van der Waals surface area contributed by atoms with Gasteiger partial charge in [0.1, 0.15) is 25.4 Å². The lowest BCUT2D eigenvalue weighted by atomic mass is 10.1. The van der Waals surface area contributed by atoms with Gasteiger partial charge < -0.3 is 34.2 Å². The van der Waals surface area contributed by atoms with E-state index in [1.165, 1.54) is 0 Å². The SMILES string of the molecule is CC/C=C\C/C=C\C/C=C\C/C=C\C/C=C\CCCCCCCC(=O)OCC(O)COP(=O)(O)OCC(O)COP(=O)(O)OCC(COC(=O)CCCCCC/C=C\C/C=C\C/C=C\C/C=C\CC)OC(=O)CCCCCC/C=C\C/C=C\C/C=C\C/C=C\CC. The predicted octanol–water partition coefficient (Wildman–Crippen LogP) is 18.7. The van der Waals surface area contributed by atoms with Crippen molar-refractivity contribution in [1.29, 1.82) is 0 Å². The van der Waals surface area contributed by atoms with Crippen LogP contribution in [-0.4, -0.2) is 95.9 Å². The standard InChI is InChI=1S/C73H118O16P2/c1-4-7-10-13-16-19-22-25-28-31-32-33-34-37-39-41-44-47-50-53-56-59-71(76)83-62-68(74)63-85-90(79,80)86-64-69(75)65-87-91(81,82)88-67-70(89-73(78)61-58-55-52-49-46-43-40-36-30-27-24-21-18-15-12-9-6-3)66-84-72(77)60-57-54-51-48-45-42-38-35-29-26-23-20-17-14-11-8-5-2/h7-12,16-21,25-30,32-33,37-40,42-43,68-70,74-75H,4-6,13-15,22-24,31,34-36,41,44-67H2,1-3H3,(H,79,80)(H,81,82)/b10-7-,11-8-,12-9-,19-16-,20-17-,21-18-,28-25-,29-26-,30-27-,33-32-,39-37-,42-38-,43-40-. The number of unbranched alkanes of at least 4 members (excludes halogenated alkanes) is 13. The summed E-state index contributed by atoms with van der Waals surface area (Å²) in [4.78, 5) is 58.4. The average Bonchev–Trinajstić information content (AvgIpc) is 3.74. The third kappa shape index (κ3) is 66.4. The highest BCUT2D eigenvalue weighted by molar-refractivity contribution is 7.47. The molecule has 4 N–H and O–H groups in total. The van der Waals surface area contributed by atoms with Crippen LogP contribution >= 0.6 is 15.6 Å². The lowest BCUT2D eigenvalue weighted by Gasteiger charge is -2.21. The van der Waals surface area contributed by atoms with Crippen molar-refractivity contribution in [1.82, 2.24) is 0 Å².